The zero-order valence-electron chi connectivity index (χ0n) is 9.26. The Kier molecular flexibility index (Phi) is 6.11. The number of hydrogen-bond acceptors (Lipinski definition) is 5. The SMILES string of the molecule is C=CS(=O)(=O)CCNC(=O)CCS(=O)(=O)C=C. The second-order valence-corrected chi connectivity index (χ2v) is 7.30. The molecule has 1 N–H and O–H groups in total. The molecule has 0 aliphatic heterocycles. The lowest BCUT2D eigenvalue weighted by Crippen LogP contribution is -2.29. The van der Waals surface area contributed by atoms with Gasteiger partial charge in [-0.2, -0.15) is 0 Å². The second kappa shape index (κ2) is 6.55. The van der Waals surface area contributed by atoms with E-state index in [4.69, 9.17) is 0 Å². The Morgan fingerprint density at radius 3 is 1.94 bits per heavy atom. The van der Waals surface area contributed by atoms with Crippen molar-refractivity contribution in [2.75, 3.05) is 18.1 Å². The van der Waals surface area contributed by atoms with E-state index in [0.717, 1.165) is 10.8 Å². The van der Waals surface area contributed by atoms with E-state index in [-0.39, 0.29) is 24.5 Å². The van der Waals surface area contributed by atoms with E-state index in [1.165, 1.54) is 0 Å². The van der Waals surface area contributed by atoms with E-state index >= 15 is 0 Å². The van der Waals surface area contributed by atoms with Gasteiger partial charge in [0, 0.05) is 23.8 Å². The third kappa shape index (κ3) is 7.70. The zero-order valence-corrected chi connectivity index (χ0v) is 10.9. The molecule has 0 radical (unpaired) electrons. The van der Waals surface area contributed by atoms with Gasteiger partial charge in [-0.15, -0.1) is 0 Å². The first kappa shape index (κ1) is 15.9. The molecule has 0 aromatic heterocycles. The topological polar surface area (TPSA) is 97.4 Å². The molecule has 0 unspecified atom stereocenters. The molecule has 0 aromatic carbocycles. The Morgan fingerprint density at radius 1 is 1.00 bits per heavy atom. The molecule has 8 heteroatoms. The lowest BCUT2D eigenvalue weighted by atomic mass is 10.4. The second-order valence-electron chi connectivity index (χ2n) is 3.17. The van der Waals surface area contributed by atoms with Crippen LogP contribution in [0.25, 0.3) is 0 Å². The Balaban J connectivity index is 3.98. The van der Waals surface area contributed by atoms with Gasteiger partial charge in [-0.3, -0.25) is 4.79 Å². The van der Waals surface area contributed by atoms with E-state index in [2.05, 4.69) is 18.5 Å². The highest BCUT2D eigenvalue weighted by Crippen LogP contribution is 1.94. The number of amides is 1. The van der Waals surface area contributed by atoms with Crippen LogP contribution in [0, 0.1) is 0 Å². The molecule has 0 saturated heterocycles. The van der Waals surface area contributed by atoms with Crippen molar-refractivity contribution in [3.63, 3.8) is 0 Å². The summed E-state index contributed by atoms with van der Waals surface area (Å²) in [4.78, 5) is 11.1. The summed E-state index contributed by atoms with van der Waals surface area (Å²) < 4.78 is 43.9. The van der Waals surface area contributed by atoms with Crippen LogP contribution in [0.1, 0.15) is 6.42 Å². The third-order valence-electron chi connectivity index (χ3n) is 1.83. The molecule has 0 bridgehead atoms. The molecule has 0 fully saturated rings. The molecule has 1 amide bonds. The van der Waals surface area contributed by atoms with Gasteiger partial charge in [0.2, 0.25) is 5.91 Å². The van der Waals surface area contributed by atoms with Crippen LogP contribution < -0.4 is 5.32 Å². The van der Waals surface area contributed by atoms with E-state index in [9.17, 15) is 21.6 Å². The molecule has 0 aliphatic carbocycles. The van der Waals surface area contributed by atoms with Crippen molar-refractivity contribution in [2.24, 2.45) is 0 Å². The number of hydrogen-bond donors (Lipinski definition) is 1. The lowest BCUT2D eigenvalue weighted by Gasteiger charge is -2.03. The monoisotopic (exact) mass is 281 g/mol. The average Bonchev–Trinajstić information content (AvgIpc) is 2.26. The molecule has 0 heterocycles. The third-order valence-corrected chi connectivity index (χ3v) is 4.39. The van der Waals surface area contributed by atoms with E-state index < -0.39 is 25.6 Å². The normalized spacial score (nSPS) is 11.8. The van der Waals surface area contributed by atoms with Gasteiger partial charge in [0.05, 0.1) is 11.5 Å². The Morgan fingerprint density at radius 2 is 1.47 bits per heavy atom. The predicted octanol–water partition coefficient (Wildman–Crippen LogP) is -0.391. The molecular formula is C9H15NO5S2. The number of nitrogens with one attached hydrogen (secondary N) is 1. The van der Waals surface area contributed by atoms with E-state index in [0.29, 0.717) is 0 Å². The van der Waals surface area contributed by atoms with Crippen LogP contribution in [0.5, 0.6) is 0 Å². The Bertz CT molecular complexity index is 489. The summed E-state index contributed by atoms with van der Waals surface area (Å²) in [6.45, 7) is 6.16. The summed E-state index contributed by atoms with van der Waals surface area (Å²) in [6.07, 6.45) is -0.220. The summed E-state index contributed by atoms with van der Waals surface area (Å²) in [5.74, 6) is -1.11. The zero-order chi connectivity index (χ0) is 13.5. The number of carbonyl (C=O) groups is 1. The van der Waals surface area contributed by atoms with Crippen molar-refractivity contribution in [3.8, 4) is 0 Å². The summed E-state index contributed by atoms with van der Waals surface area (Å²) in [6, 6.07) is 0. The highest BCUT2D eigenvalue weighted by molar-refractivity contribution is 7.94. The number of sulfone groups is 2. The van der Waals surface area contributed by atoms with Gasteiger partial charge in [-0.05, 0) is 0 Å². The molecule has 0 aromatic rings. The van der Waals surface area contributed by atoms with Crippen LogP contribution in [0.15, 0.2) is 24.0 Å². The Labute approximate surface area is 101 Å². The van der Waals surface area contributed by atoms with Gasteiger partial charge in [-0.25, -0.2) is 16.8 Å². The molecule has 98 valence electrons. The first-order valence-electron chi connectivity index (χ1n) is 4.69. The highest BCUT2D eigenvalue weighted by Gasteiger charge is 2.10. The summed E-state index contributed by atoms with van der Waals surface area (Å²) in [7, 11) is -6.75. The molecule has 0 atom stereocenters. The van der Waals surface area contributed by atoms with Crippen LogP contribution in [0.4, 0.5) is 0 Å². The van der Waals surface area contributed by atoms with Crippen molar-refractivity contribution in [1.82, 2.24) is 5.32 Å². The van der Waals surface area contributed by atoms with Crippen molar-refractivity contribution in [2.45, 2.75) is 6.42 Å². The first-order valence-corrected chi connectivity index (χ1v) is 8.12. The molecule has 0 rings (SSSR count). The summed E-state index contributed by atoms with van der Waals surface area (Å²) in [5, 5.41) is 3.89. The van der Waals surface area contributed by atoms with Crippen molar-refractivity contribution >= 4 is 25.6 Å². The maximum absolute atomic E-state index is 11.1. The standard InChI is InChI=1S/C9H15NO5S2/c1-3-16(12,13)7-5-9(11)10-6-8-17(14,15)4-2/h3-4H,1-2,5-8H2,(H,10,11). The summed E-state index contributed by atoms with van der Waals surface area (Å²) >= 11 is 0. The fraction of sp³-hybridized carbons (Fsp3) is 0.444. The van der Waals surface area contributed by atoms with Gasteiger partial charge < -0.3 is 5.32 Å². The summed E-state index contributed by atoms with van der Waals surface area (Å²) in [5.41, 5.74) is 0. The minimum absolute atomic E-state index is 0.0681. The van der Waals surface area contributed by atoms with E-state index in [1.807, 2.05) is 0 Å². The predicted molar refractivity (Wildman–Crippen MR) is 65.6 cm³/mol. The van der Waals surface area contributed by atoms with Gasteiger partial charge in [0.15, 0.2) is 19.7 Å². The molecule has 17 heavy (non-hydrogen) atoms. The highest BCUT2D eigenvalue weighted by atomic mass is 32.2. The largest absolute Gasteiger partial charge is 0.355 e. The molecule has 0 aliphatic rings. The molecule has 6 nitrogen and oxygen atoms in total. The van der Waals surface area contributed by atoms with Gasteiger partial charge in [0.25, 0.3) is 0 Å². The lowest BCUT2D eigenvalue weighted by molar-refractivity contribution is -0.120. The van der Waals surface area contributed by atoms with Crippen LogP contribution in [0.2, 0.25) is 0 Å². The van der Waals surface area contributed by atoms with E-state index in [1.54, 1.807) is 0 Å². The molecule has 0 spiro atoms. The van der Waals surface area contributed by atoms with Crippen LogP contribution in [0.3, 0.4) is 0 Å². The van der Waals surface area contributed by atoms with Gasteiger partial charge in [0.1, 0.15) is 0 Å². The maximum Gasteiger partial charge on any atom is 0.221 e. The minimum Gasteiger partial charge on any atom is -0.355 e. The van der Waals surface area contributed by atoms with Crippen LogP contribution in [-0.4, -0.2) is 40.8 Å². The number of rotatable bonds is 8. The minimum atomic E-state index is -3.40. The van der Waals surface area contributed by atoms with Crippen molar-refractivity contribution < 1.29 is 21.6 Å². The first-order chi connectivity index (χ1) is 7.72. The van der Waals surface area contributed by atoms with Crippen molar-refractivity contribution in [3.05, 3.63) is 24.0 Å². The van der Waals surface area contributed by atoms with Gasteiger partial charge in [-0.1, -0.05) is 13.2 Å². The Hall–Kier alpha value is -1.15. The fourth-order valence-electron chi connectivity index (χ4n) is 0.823. The fourth-order valence-corrected chi connectivity index (χ4v) is 2.01. The van der Waals surface area contributed by atoms with Crippen molar-refractivity contribution in [1.29, 1.82) is 0 Å². The molecule has 0 saturated carbocycles. The van der Waals surface area contributed by atoms with Crippen LogP contribution >= 0.6 is 0 Å². The van der Waals surface area contributed by atoms with Crippen LogP contribution in [-0.2, 0) is 24.5 Å². The molecular weight excluding hydrogens is 266 g/mol. The van der Waals surface area contributed by atoms with Gasteiger partial charge >= 0.3 is 0 Å². The smallest absolute Gasteiger partial charge is 0.221 e. The number of carbonyl (C=O) groups excluding carboxylic acids is 1. The quantitative estimate of drug-likeness (QED) is 0.653. The maximum atomic E-state index is 11.1. The average molecular weight is 281 g/mol.